The summed E-state index contributed by atoms with van der Waals surface area (Å²) in [5, 5.41) is 9.18. The van der Waals surface area contributed by atoms with Crippen LogP contribution in [0.4, 0.5) is 5.69 Å². The second-order valence-electron chi connectivity index (χ2n) is 5.07. The van der Waals surface area contributed by atoms with Crippen LogP contribution >= 0.6 is 0 Å². The van der Waals surface area contributed by atoms with Gasteiger partial charge < -0.3 is 19.5 Å². The number of morpholine rings is 1. The van der Waals surface area contributed by atoms with E-state index in [1.807, 2.05) is 32.0 Å². The van der Waals surface area contributed by atoms with Crippen molar-refractivity contribution in [1.82, 2.24) is 0 Å². The Morgan fingerprint density at radius 3 is 2.95 bits per heavy atom. The normalized spacial score (nSPS) is 19.8. The molecule has 0 amide bonds. The minimum Gasteiger partial charge on any atom is -0.489 e. The molecule has 0 bridgehead atoms. The Balaban J connectivity index is 2.22. The molecule has 0 aromatic heterocycles. The summed E-state index contributed by atoms with van der Waals surface area (Å²) >= 11 is 0. The van der Waals surface area contributed by atoms with Crippen LogP contribution in [0.25, 0.3) is 0 Å². The number of aliphatic hydroxyl groups excluding tert-OH is 1. The molecule has 1 aromatic carbocycles. The second kappa shape index (κ2) is 6.78. The maximum absolute atomic E-state index is 9.18. The number of nitrogens with zero attached hydrogens (tertiary/aromatic N) is 1. The van der Waals surface area contributed by atoms with Crippen molar-refractivity contribution in [2.24, 2.45) is 0 Å². The molecule has 4 nitrogen and oxygen atoms in total. The Bertz CT molecular complexity index is 393. The van der Waals surface area contributed by atoms with Gasteiger partial charge in [-0.05, 0) is 32.4 Å². The van der Waals surface area contributed by atoms with Crippen LogP contribution in [0, 0.1) is 0 Å². The molecule has 1 aliphatic rings. The van der Waals surface area contributed by atoms with E-state index < -0.39 is 0 Å². The summed E-state index contributed by atoms with van der Waals surface area (Å²) in [5.41, 5.74) is 1.10. The first kappa shape index (κ1) is 14.2. The Morgan fingerprint density at radius 1 is 1.42 bits per heavy atom. The molecule has 1 fully saturated rings. The standard InChI is InChI=1S/C15H23NO3/c1-12(2)19-15-6-4-3-5-14(15)16-8-10-18-11-13(16)7-9-17/h3-6,12-13,17H,7-11H2,1-2H3. The summed E-state index contributed by atoms with van der Waals surface area (Å²) in [6, 6.07) is 8.31. The molecule has 0 aliphatic carbocycles. The van der Waals surface area contributed by atoms with Gasteiger partial charge in [0.05, 0.1) is 31.0 Å². The van der Waals surface area contributed by atoms with Crippen molar-refractivity contribution in [3.63, 3.8) is 0 Å². The van der Waals surface area contributed by atoms with Crippen LogP contribution in [-0.2, 0) is 4.74 Å². The Hall–Kier alpha value is -1.26. The highest BCUT2D eigenvalue weighted by molar-refractivity contribution is 5.59. The van der Waals surface area contributed by atoms with Gasteiger partial charge in [0.2, 0.25) is 0 Å². The summed E-state index contributed by atoms with van der Waals surface area (Å²) in [4.78, 5) is 2.29. The quantitative estimate of drug-likeness (QED) is 0.885. The van der Waals surface area contributed by atoms with Crippen molar-refractivity contribution in [2.75, 3.05) is 31.3 Å². The summed E-state index contributed by atoms with van der Waals surface area (Å²) in [6.45, 7) is 6.46. The third-order valence-corrected chi connectivity index (χ3v) is 3.23. The monoisotopic (exact) mass is 265 g/mol. The van der Waals surface area contributed by atoms with Gasteiger partial charge in [0.1, 0.15) is 5.75 Å². The number of aliphatic hydroxyl groups is 1. The first-order chi connectivity index (χ1) is 9.22. The molecule has 1 unspecified atom stereocenters. The van der Waals surface area contributed by atoms with Gasteiger partial charge in [0.25, 0.3) is 0 Å². The lowest BCUT2D eigenvalue weighted by atomic mass is 10.1. The highest BCUT2D eigenvalue weighted by Crippen LogP contribution is 2.31. The van der Waals surface area contributed by atoms with E-state index in [4.69, 9.17) is 9.47 Å². The molecule has 19 heavy (non-hydrogen) atoms. The topological polar surface area (TPSA) is 41.9 Å². The van der Waals surface area contributed by atoms with E-state index in [0.717, 1.165) is 31.0 Å². The molecule has 1 atom stereocenters. The van der Waals surface area contributed by atoms with E-state index in [0.29, 0.717) is 6.61 Å². The van der Waals surface area contributed by atoms with Crippen molar-refractivity contribution >= 4 is 5.69 Å². The number of rotatable bonds is 5. The van der Waals surface area contributed by atoms with E-state index >= 15 is 0 Å². The highest BCUT2D eigenvalue weighted by atomic mass is 16.5. The molecule has 1 saturated heterocycles. The summed E-state index contributed by atoms with van der Waals surface area (Å²) in [7, 11) is 0. The molecule has 0 radical (unpaired) electrons. The SMILES string of the molecule is CC(C)Oc1ccccc1N1CCOCC1CCO. The van der Waals surface area contributed by atoms with Gasteiger partial charge in [-0.3, -0.25) is 0 Å². The predicted octanol–water partition coefficient (Wildman–Crippen LogP) is 2.06. The molecule has 0 spiro atoms. The first-order valence-corrected chi connectivity index (χ1v) is 6.93. The second-order valence-corrected chi connectivity index (χ2v) is 5.07. The van der Waals surface area contributed by atoms with Crippen LogP contribution in [0.5, 0.6) is 5.75 Å². The van der Waals surface area contributed by atoms with Gasteiger partial charge in [-0.25, -0.2) is 0 Å². The van der Waals surface area contributed by atoms with Gasteiger partial charge in [-0.1, -0.05) is 12.1 Å². The lowest BCUT2D eigenvalue weighted by Crippen LogP contribution is -2.46. The number of ether oxygens (including phenoxy) is 2. The van der Waals surface area contributed by atoms with Crippen molar-refractivity contribution < 1.29 is 14.6 Å². The number of hydrogen-bond donors (Lipinski definition) is 1. The summed E-state index contributed by atoms with van der Waals surface area (Å²) < 4.78 is 11.4. The van der Waals surface area contributed by atoms with Crippen molar-refractivity contribution in [2.45, 2.75) is 32.4 Å². The van der Waals surface area contributed by atoms with E-state index in [1.165, 1.54) is 0 Å². The first-order valence-electron chi connectivity index (χ1n) is 6.93. The minimum absolute atomic E-state index is 0.151. The Kier molecular flexibility index (Phi) is 5.05. The largest absolute Gasteiger partial charge is 0.489 e. The van der Waals surface area contributed by atoms with E-state index in [1.54, 1.807) is 0 Å². The fourth-order valence-electron chi connectivity index (χ4n) is 2.41. The molecule has 4 heteroatoms. The van der Waals surface area contributed by atoms with Gasteiger partial charge in [-0.15, -0.1) is 0 Å². The molecular formula is C15H23NO3. The fourth-order valence-corrected chi connectivity index (χ4v) is 2.41. The maximum atomic E-state index is 9.18. The van der Waals surface area contributed by atoms with Gasteiger partial charge in [0.15, 0.2) is 0 Å². The molecular weight excluding hydrogens is 242 g/mol. The van der Waals surface area contributed by atoms with Crippen LogP contribution in [0.3, 0.4) is 0 Å². The summed E-state index contributed by atoms with van der Waals surface area (Å²) in [5.74, 6) is 0.905. The lowest BCUT2D eigenvalue weighted by Gasteiger charge is -2.38. The van der Waals surface area contributed by atoms with Crippen LogP contribution in [-0.4, -0.2) is 43.6 Å². The molecule has 106 valence electrons. The third-order valence-electron chi connectivity index (χ3n) is 3.23. The average Bonchev–Trinajstić information content (AvgIpc) is 2.40. The van der Waals surface area contributed by atoms with Crippen LogP contribution in [0.1, 0.15) is 20.3 Å². The molecule has 1 heterocycles. The highest BCUT2D eigenvalue weighted by Gasteiger charge is 2.25. The third kappa shape index (κ3) is 3.61. The smallest absolute Gasteiger partial charge is 0.142 e. The minimum atomic E-state index is 0.151. The summed E-state index contributed by atoms with van der Waals surface area (Å²) in [6.07, 6.45) is 0.870. The van der Waals surface area contributed by atoms with Crippen molar-refractivity contribution in [3.8, 4) is 5.75 Å². The van der Waals surface area contributed by atoms with E-state index in [2.05, 4.69) is 11.0 Å². The molecule has 1 N–H and O–H groups in total. The predicted molar refractivity (Wildman–Crippen MR) is 75.9 cm³/mol. The van der Waals surface area contributed by atoms with Gasteiger partial charge in [0, 0.05) is 13.2 Å². The zero-order valence-electron chi connectivity index (χ0n) is 11.7. The molecule has 1 aliphatic heterocycles. The van der Waals surface area contributed by atoms with Gasteiger partial charge >= 0.3 is 0 Å². The average molecular weight is 265 g/mol. The van der Waals surface area contributed by atoms with Gasteiger partial charge in [-0.2, -0.15) is 0 Å². The number of benzene rings is 1. The Labute approximate surface area is 114 Å². The fraction of sp³-hybridized carbons (Fsp3) is 0.600. The molecule has 0 saturated carbocycles. The van der Waals surface area contributed by atoms with E-state index in [9.17, 15) is 5.11 Å². The van der Waals surface area contributed by atoms with Crippen molar-refractivity contribution in [1.29, 1.82) is 0 Å². The van der Waals surface area contributed by atoms with Crippen LogP contribution in [0.2, 0.25) is 0 Å². The van der Waals surface area contributed by atoms with E-state index in [-0.39, 0.29) is 18.8 Å². The molecule has 2 rings (SSSR count). The lowest BCUT2D eigenvalue weighted by molar-refractivity contribution is 0.0845. The van der Waals surface area contributed by atoms with Crippen LogP contribution < -0.4 is 9.64 Å². The zero-order chi connectivity index (χ0) is 13.7. The number of hydrogen-bond acceptors (Lipinski definition) is 4. The number of anilines is 1. The number of para-hydroxylation sites is 2. The Morgan fingerprint density at radius 2 is 2.21 bits per heavy atom. The zero-order valence-corrected chi connectivity index (χ0v) is 11.7. The maximum Gasteiger partial charge on any atom is 0.142 e. The van der Waals surface area contributed by atoms with Crippen molar-refractivity contribution in [3.05, 3.63) is 24.3 Å². The van der Waals surface area contributed by atoms with Crippen LogP contribution in [0.15, 0.2) is 24.3 Å². The molecule has 1 aromatic rings.